The highest BCUT2D eigenvalue weighted by atomic mass is 19.3. The molecular formula is C46H52F4N8O8. The number of alkyl carbamates (subject to hydrolysis) is 2. The van der Waals surface area contributed by atoms with E-state index >= 15 is 0 Å². The molecule has 4 N–H and O–H groups in total. The average molecular weight is 921 g/mol. The van der Waals surface area contributed by atoms with Crippen LogP contribution in [-0.4, -0.2) is 131 Å². The number of aromatic nitrogens is 4. The van der Waals surface area contributed by atoms with E-state index in [9.17, 15) is 36.7 Å². The third kappa shape index (κ3) is 10.6. The summed E-state index contributed by atoms with van der Waals surface area (Å²) in [6.45, 7) is -0.0827. The van der Waals surface area contributed by atoms with Crippen LogP contribution in [-0.2, 0) is 28.5 Å². The standard InChI is InChI=1S/C46H52F4N8O8/c1-63-43(61)55-37(31-13-17-65-18-14-31)41(59)57-25-45(47,48)21-35(57)39-51-23-33(53-39)29-9-5-27(6-10-29)3-4-28-7-11-30(12-8-28)34-24-52-40(54-34)36-22-46(49,50)26-58(36)42(60)38(56-44(62)64-2)32-15-19-66-20-16-32/h5-7,9-12,23-24,28,31-32,35-38H,8,13-22,25-26H2,1-2H3,(H,51,53)(H,52,54)(H,55,61)(H,56,62)/t28?,35-,36-,37?,38?/m0/s1. The molecule has 6 heterocycles. The highest BCUT2D eigenvalue weighted by molar-refractivity contribution is 5.87. The molecule has 1 aliphatic carbocycles. The number of carbonyl (C=O) groups is 4. The molecule has 352 valence electrons. The number of methoxy groups -OCH3 is 2. The van der Waals surface area contributed by atoms with Crippen molar-refractivity contribution in [2.24, 2.45) is 17.8 Å². The molecule has 4 amide bonds. The summed E-state index contributed by atoms with van der Waals surface area (Å²) < 4.78 is 80.2. The average Bonchev–Trinajstić information content (AvgIpc) is 4.15. The number of halogens is 4. The van der Waals surface area contributed by atoms with Crippen LogP contribution >= 0.6 is 0 Å². The summed E-state index contributed by atoms with van der Waals surface area (Å²) >= 11 is 0. The lowest BCUT2D eigenvalue weighted by Crippen LogP contribution is -2.53. The number of ether oxygens (including phenoxy) is 4. The molecule has 5 aliphatic rings. The van der Waals surface area contributed by atoms with Crippen molar-refractivity contribution in [1.29, 1.82) is 0 Å². The Bertz CT molecular complexity index is 2380. The predicted octanol–water partition coefficient (Wildman–Crippen LogP) is 5.93. The summed E-state index contributed by atoms with van der Waals surface area (Å²) in [6, 6.07) is 3.09. The van der Waals surface area contributed by atoms with E-state index in [1.165, 1.54) is 20.4 Å². The van der Waals surface area contributed by atoms with Crippen molar-refractivity contribution in [2.45, 2.75) is 81.0 Å². The Kier molecular flexibility index (Phi) is 13.8. The summed E-state index contributed by atoms with van der Waals surface area (Å²) in [7, 11) is 2.35. The first kappa shape index (κ1) is 46.3. The summed E-state index contributed by atoms with van der Waals surface area (Å²) in [4.78, 5) is 69.5. The number of amides is 4. The molecule has 0 saturated carbocycles. The van der Waals surface area contributed by atoms with Crippen LogP contribution in [0.4, 0.5) is 27.2 Å². The van der Waals surface area contributed by atoms with Crippen molar-refractivity contribution in [2.75, 3.05) is 53.7 Å². The van der Waals surface area contributed by atoms with Gasteiger partial charge in [0.25, 0.3) is 11.8 Å². The first-order chi connectivity index (χ1) is 31.7. The van der Waals surface area contributed by atoms with E-state index in [1.807, 2.05) is 42.5 Å². The van der Waals surface area contributed by atoms with Crippen LogP contribution in [0.3, 0.4) is 0 Å². The number of H-pyrrole nitrogens is 2. The Labute approximate surface area is 378 Å². The Morgan fingerprint density at radius 3 is 1.71 bits per heavy atom. The zero-order chi connectivity index (χ0) is 46.6. The normalized spacial score (nSPS) is 23.8. The second kappa shape index (κ2) is 19.7. The fraction of sp³-hybridized carbons (Fsp3) is 0.522. The molecule has 0 radical (unpaired) electrons. The number of alkyl halides is 4. The number of aromatic amines is 2. The molecule has 66 heavy (non-hydrogen) atoms. The molecule has 0 spiro atoms. The van der Waals surface area contributed by atoms with Gasteiger partial charge in [-0.3, -0.25) is 9.59 Å². The number of nitrogens with one attached hydrogen (secondary N) is 4. The van der Waals surface area contributed by atoms with Crippen LogP contribution in [0.5, 0.6) is 0 Å². The SMILES string of the molecule is COC(=O)NC(C(=O)N1CC(F)(F)C[C@H]1c1ncc(C2=CCC(C#Cc3ccc(-c4cnc([C@@H]5CC(F)(F)CN5C(=O)C(NC(=O)OC)C5CCOCC5)[nH]4)cc3)C=C2)[nH]1)C1CCOCC1. The first-order valence-corrected chi connectivity index (χ1v) is 22.0. The molecule has 4 fully saturated rings. The number of nitrogens with zero attached hydrogens (tertiary/aromatic N) is 4. The number of hydrogen-bond acceptors (Lipinski definition) is 10. The highest BCUT2D eigenvalue weighted by Gasteiger charge is 2.52. The van der Waals surface area contributed by atoms with E-state index in [2.05, 4.69) is 42.4 Å². The molecule has 8 rings (SSSR count). The van der Waals surface area contributed by atoms with Gasteiger partial charge in [0.05, 0.1) is 63.2 Å². The first-order valence-electron chi connectivity index (χ1n) is 22.0. The number of benzene rings is 1. The monoisotopic (exact) mass is 920 g/mol. The van der Waals surface area contributed by atoms with Crippen molar-refractivity contribution in [1.82, 2.24) is 40.4 Å². The van der Waals surface area contributed by atoms with Crippen molar-refractivity contribution < 1.29 is 55.7 Å². The molecule has 5 atom stereocenters. The Morgan fingerprint density at radius 1 is 0.758 bits per heavy atom. The topological polar surface area (TPSA) is 193 Å². The quantitative estimate of drug-likeness (QED) is 0.140. The Morgan fingerprint density at radius 2 is 1.24 bits per heavy atom. The lowest BCUT2D eigenvalue weighted by molar-refractivity contribution is -0.138. The van der Waals surface area contributed by atoms with Gasteiger partial charge in [-0.15, -0.1) is 0 Å². The fourth-order valence-electron chi connectivity index (χ4n) is 9.32. The minimum absolute atomic E-state index is 0.124. The molecule has 2 aromatic heterocycles. The van der Waals surface area contributed by atoms with Gasteiger partial charge in [0.1, 0.15) is 23.7 Å². The second-order valence-electron chi connectivity index (χ2n) is 17.3. The largest absolute Gasteiger partial charge is 0.453 e. The maximum Gasteiger partial charge on any atom is 0.407 e. The maximum absolute atomic E-state index is 15.0. The summed E-state index contributed by atoms with van der Waals surface area (Å²) in [5.74, 6) is -1.46. The molecule has 3 unspecified atom stereocenters. The second-order valence-corrected chi connectivity index (χ2v) is 17.3. The van der Waals surface area contributed by atoms with Crippen LogP contribution in [0.15, 0.2) is 54.9 Å². The van der Waals surface area contributed by atoms with Crippen LogP contribution in [0.1, 0.15) is 79.9 Å². The van der Waals surface area contributed by atoms with E-state index < -0.39 is 85.9 Å². The lowest BCUT2D eigenvalue weighted by Gasteiger charge is -2.33. The number of rotatable bonds is 10. The molecule has 4 aliphatic heterocycles. The minimum Gasteiger partial charge on any atom is -0.453 e. The summed E-state index contributed by atoms with van der Waals surface area (Å²) in [6.07, 6.45) is 8.45. The van der Waals surface area contributed by atoms with Crippen LogP contribution < -0.4 is 10.6 Å². The molecule has 4 saturated heterocycles. The van der Waals surface area contributed by atoms with E-state index in [4.69, 9.17) is 18.9 Å². The van der Waals surface area contributed by atoms with E-state index in [1.54, 1.807) is 6.20 Å². The Balaban J connectivity index is 0.896. The molecule has 3 aromatic rings. The Hall–Kier alpha value is -6.20. The van der Waals surface area contributed by atoms with Gasteiger partial charge in [0.2, 0.25) is 11.8 Å². The highest BCUT2D eigenvalue weighted by Crippen LogP contribution is 2.43. The van der Waals surface area contributed by atoms with Crippen molar-refractivity contribution in [3.8, 4) is 23.1 Å². The van der Waals surface area contributed by atoms with E-state index in [0.29, 0.717) is 69.9 Å². The minimum atomic E-state index is -3.17. The predicted molar refractivity (Wildman–Crippen MR) is 228 cm³/mol. The van der Waals surface area contributed by atoms with Gasteiger partial charge < -0.3 is 49.3 Å². The van der Waals surface area contributed by atoms with Gasteiger partial charge in [0, 0.05) is 50.8 Å². The third-order valence-corrected chi connectivity index (χ3v) is 12.9. The van der Waals surface area contributed by atoms with Crippen molar-refractivity contribution >= 4 is 29.6 Å². The molecule has 0 bridgehead atoms. The third-order valence-electron chi connectivity index (χ3n) is 12.9. The van der Waals surface area contributed by atoms with E-state index in [0.717, 1.165) is 26.5 Å². The van der Waals surface area contributed by atoms with Crippen LogP contribution in [0.2, 0.25) is 0 Å². The number of carbonyl (C=O) groups excluding carboxylic acids is 4. The maximum atomic E-state index is 15.0. The number of likely N-dealkylation sites (tertiary alicyclic amines) is 2. The molecular weight excluding hydrogens is 869 g/mol. The van der Waals surface area contributed by atoms with Gasteiger partial charge in [-0.25, -0.2) is 37.1 Å². The van der Waals surface area contributed by atoms with Gasteiger partial charge in [-0.2, -0.15) is 0 Å². The van der Waals surface area contributed by atoms with Gasteiger partial charge >= 0.3 is 12.2 Å². The number of allylic oxidation sites excluding steroid dienone is 4. The zero-order valence-corrected chi connectivity index (χ0v) is 36.5. The van der Waals surface area contributed by atoms with E-state index in [-0.39, 0.29) is 29.4 Å². The smallest absolute Gasteiger partial charge is 0.407 e. The lowest BCUT2D eigenvalue weighted by atomic mass is 9.90. The van der Waals surface area contributed by atoms with Crippen LogP contribution in [0.25, 0.3) is 16.8 Å². The number of imidazole rings is 2. The molecule has 1 aromatic carbocycles. The van der Waals surface area contributed by atoms with Gasteiger partial charge in [-0.05, 0) is 67.2 Å². The molecule has 16 nitrogen and oxygen atoms in total. The summed E-state index contributed by atoms with van der Waals surface area (Å²) in [5.41, 5.74) is 3.40. The van der Waals surface area contributed by atoms with Gasteiger partial charge in [0.15, 0.2) is 0 Å². The fourth-order valence-corrected chi connectivity index (χ4v) is 9.32. The van der Waals surface area contributed by atoms with Crippen LogP contribution in [0, 0.1) is 29.6 Å². The molecule has 20 heteroatoms. The van der Waals surface area contributed by atoms with Gasteiger partial charge in [-0.1, -0.05) is 42.2 Å². The summed E-state index contributed by atoms with van der Waals surface area (Å²) in [5, 5.41) is 5.15. The zero-order valence-electron chi connectivity index (χ0n) is 36.5. The van der Waals surface area contributed by atoms with Crippen molar-refractivity contribution in [3.05, 3.63) is 77.8 Å². The number of hydrogen-bond donors (Lipinski definition) is 4. The van der Waals surface area contributed by atoms with Crippen molar-refractivity contribution in [3.63, 3.8) is 0 Å².